The summed E-state index contributed by atoms with van der Waals surface area (Å²) in [6.45, 7) is 3.89. The third-order valence-corrected chi connectivity index (χ3v) is 3.86. The molecule has 1 heterocycles. The molecule has 0 saturated carbocycles. The van der Waals surface area contributed by atoms with Crippen LogP contribution in [0.4, 0.5) is 0 Å². The molecule has 1 aromatic carbocycles. The van der Waals surface area contributed by atoms with Crippen LogP contribution in [0, 0.1) is 5.41 Å². The number of likely N-dealkylation sites (N-methyl/N-ethyl adjacent to an activating group) is 1. The summed E-state index contributed by atoms with van der Waals surface area (Å²) in [4.78, 5) is 2.29. The number of rotatable bonds is 5. The van der Waals surface area contributed by atoms with Gasteiger partial charge in [0.15, 0.2) is 0 Å². The molecule has 0 saturated heterocycles. The van der Waals surface area contributed by atoms with Gasteiger partial charge in [0.2, 0.25) is 0 Å². The molecule has 1 aliphatic rings. The van der Waals surface area contributed by atoms with E-state index < -0.39 is 0 Å². The van der Waals surface area contributed by atoms with Crippen molar-refractivity contribution in [2.24, 2.45) is 5.73 Å². The monoisotopic (exact) mass is 261 g/mol. The van der Waals surface area contributed by atoms with Crippen LogP contribution < -0.4 is 10.5 Å². The quantitative estimate of drug-likeness (QED) is 0.631. The molecular weight excluding hydrogens is 238 g/mol. The molecular formula is C15H23N3O. The lowest BCUT2D eigenvalue weighted by atomic mass is 9.92. The van der Waals surface area contributed by atoms with Gasteiger partial charge in [-0.2, -0.15) is 0 Å². The maximum absolute atomic E-state index is 7.39. The summed E-state index contributed by atoms with van der Waals surface area (Å²) in [7, 11) is 2.10. The smallest absolute Gasteiger partial charge is 0.122 e. The van der Waals surface area contributed by atoms with E-state index in [4.69, 9.17) is 15.9 Å². The van der Waals surface area contributed by atoms with Crippen LogP contribution in [-0.4, -0.2) is 37.0 Å². The molecule has 3 N–H and O–H groups in total. The van der Waals surface area contributed by atoms with E-state index in [1.807, 2.05) is 12.1 Å². The van der Waals surface area contributed by atoms with E-state index in [-0.39, 0.29) is 5.84 Å². The summed E-state index contributed by atoms with van der Waals surface area (Å²) in [5.41, 5.74) is 6.78. The van der Waals surface area contributed by atoms with Gasteiger partial charge in [-0.1, -0.05) is 18.2 Å². The fourth-order valence-electron chi connectivity index (χ4n) is 2.61. The van der Waals surface area contributed by atoms with Crippen molar-refractivity contribution < 1.29 is 4.74 Å². The number of para-hydroxylation sites is 1. The highest BCUT2D eigenvalue weighted by molar-refractivity contribution is 5.77. The molecule has 104 valence electrons. The van der Waals surface area contributed by atoms with Crippen LogP contribution in [-0.2, 0) is 0 Å². The van der Waals surface area contributed by atoms with Crippen molar-refractivity contribution in [2.45, 2.75) is 31.7 Å². The van der Waals surface area contributed by atoms with E-state index in [2.05, 4.69) is 31.0 Å². The lowest BCUT2D eigenvalue weighted by molar-refractivity contribution is 0.205. The van der Waals surface area contributed by atoms with Gasteiger partial charge < -0.3 is 15.4 Å². The number of nitrogens with one attached hydrogen (secondary N) is 1. The van der Waals surface area contributed by atoms with E-state index in [9.17, 15) is 0 Å². The van der Waals surface area contributed by atoms with Gasteiger partial charge in [0.1, 0.15) is 5.75 Å². The second-order valence-electron chi connectivity index (χ2n) is 5.39. The van der Waals surface area contributed by atoms with Gasteiger partial charge in [0, 0.05) is 24.9 Å². The van der Waals surface area contributed by atoms with Crippen LogP contribution >= 0.6 is 0 Å². The molecule has 0 aliphatic carbocycles. The number of ether oxygens (including phenoxy) is 1. The fraction of sp³-hybridized carbons (Fsp3) is 0.533. The zero-order valence-corrected chi connectivity index (χ0v) is 11.7. The Kier molecular flexibility index (Phi) is 4.43. The van der Waals surface area contributed by atoms with Gasteiger partial charge in [0.25, 0.3) is 0 Å². The number of amidine groups is 1. The minimum absolute atomic E-state index is 0.256. The first-order valence-corrected chi connectivity index (χ1v) is 6.82. The Labute approximate surface area is 115 Å². The zero-order valence-electron chi connectivity index (χ0n) is 11.7. The summed E-state index contributed by atoms with van der Waals surface area (Å²) >= 11 is 0. The number of fused-ring (bicyclic) bond motifs is 1. The topological polar surface area (TPSA) is 62.3 Å². The molecule has 4 heteroatoms. The Morgan fingerprint density at radius 3 is 3.00 bits per heavy atom. The molecule has 2 unspecified atom stereocenters. The Morgan fingerprint density at radius 1 is 1.53 bits per heavy atom. The molecule has 2 rings (SSSR count). The maximum Gasteiger partial charge on any atom is 0.122 e. The second-order valence-corrected chi connectivity index (χ2v) is 5.39. The summed E-state index contributed by atoms with van der Waals surface area (Å²) in [5, 5.41) is 7.39. The predicted octanol–water partition coefficient (Wildman–Crippen LogP) is 2.20. The van der Waals surface area contributed by atoms with Crippen molar-refractivity contribution >= 4 is 5.84 Å². The van der Waals surface area contributed by atoms with E-state index in [1.54, 1.807) is 0 Å². The fourth-order valence-corrected chi connectivity index (χ4v) is 2.61. The Morgan fingerprint density at radius 2 is 2.26 bits per heavy atom. The Balaban J connectivity index is 2.02. The lowest BCUT2D eigenvalue weighted by Crippen LogP contribution is -2.36. The maximum atomic E-state index is 7.39. The first kappa shape index (κ1) is 13.9. The van der Waals surface area contributed by atoms with E-state index in [1.165, 1.54) is 5.56 Å². The lowest BCUT2D eigenvalue weighted by Gasteiger charge is -2.32. The first-order valence-electron chi connectivity index (χ1n) is 6.82. The number of hydrogen-bond acceptors (Lipinski definition) is 3. The van der Waals surface area contributed by atoms with E-state index >= 15 is 0 Å². The summed E-state index contributed by atoms with van der Waals surface area (Å²) in [5.74, 6) is 1.78. The van der Waals surface area contributed by atoms with Crippen LogP contribution in [0.2, 0.25) is 0 Å². The van der Waals surface area contributed by atoms with Crippen molar-refractivity contribution in [3.63, 3.8) is 0 Å². The van der Waals surface area contributed by atoms with Gasteiger partial charge in [-0.25, -0.2) is 0 Å². The molecule has 0 radical (unpaired) electrons. The molecule has 4 nitrogen and oxygen atoms in total. The predicted molar refractivity (Wildman–Crippen MR) is 77.9 cm³/mol. The van der Waals surface area contributed by atoms with E-state index in [0.29, 0.717) is 18.4 Å². The molecule has 1 aliphatic heterocycles. The summed E-state index contributed by atoms with van der Waals surface area (Å²) in [6.07, 6.45) is 1.68. The number of benzene rings is 1. The van der Waals surface area contributed by atoms with Crippen molar-refractivity contribution in [2.75, 3.05) is 20.2 Å². The van der Waals surface area contributed by atoms with Crippen LogP contribution in [0.5, 0.6) is 5.75 Å². The SMILES string of the molecule is CC(CC(=N)N)N(C)CC1CCOc2ccccc21. The van der Waals surface area contributed by atoms with E-state index in [0.717, 1.165) is 25.3 Å². The third-order valence-electron chi connectivity index (χ3n) is 3.86. The molecule has 1 aromatic rings. The van der Waals surface area contributed by atoms with Crippen molar-refractivity contribution in [1.82, 2.24) is 4.90 Å². The molecule has 0 fully saturated rings. The van der Waals surface area contributed by atoms with Crippen LogP contribution in [0.3, 0.4) is 0 Å². The summed E-state index contributed by atoms with van der Waals surface area (Å²) < 4.78 is 5.69. The highest BCUT2D eigenvalue weighted by Crippen LogP contribution is 2.33. The normalized spacial score (nSPS) is 19.6. The average molecular weight is 261 g/mol. The van der Waals surface area contributed by atoms with Crippen LogP contribution in [0.15, 0.2) is 24.3 Å². The van der Waals surface area contributed by atoms with Crippen molar-refractivity contribution in [3.8, 4) is 5.75 Å². The molecule has 0 amide bonds. The number of nitrogens with zero attached hydrogens (tertiary/aromatic N) is 1. The molecule has 2 atom stereocenters. The molecule has 0 spiro atoms. The van der Waals surface area contributed by atoms with Gasteiger partial charge in [-0.3, -0.25) is 5.41 Å². The average Bonchev–Trinajstić information content (AvgIpc) is 2.38. The van der Waals surface area contributed by atoms with Crippen molar-refractivity contribution in [1.29, 1.82) is 5.41 Å². The van der Waals surface area contributed by atoms with Gasteiger partial charge in [-0.05, 0) is 32.0 Å². The van der Waals surface area contributed by atoms with Crippen LogP contribution in [0.25, 0.3) is 0 Å². The molecule has 0 aromatic heterocycles. The largest absolute Gasteiger partial charge is 0.493 e. The molecule has 0 bridgehead atoms. The minimum Gasteiger partial charge on any atom is -0.493 e. The van der Waals surface area contributed by atoms with Crippen molar-refractivity contribution in [3.05, 3.63) is 29.8 Å². The van der Waals surface area contributed by atoms with Crippen LogP contribution in [0.1, 0.15) is 31.2 Å². The van der Waals surface area contributed by atoms with Gasteiger partial charge in [0.05, 0.1) is 12.4 Å². The zero-order chi connectivity index (χ0) is 13.8. The highest BCUT2D eigenvalue weighted by Gasteiger charge is 2.23. The summed E-state index contributed by atoms with van der Waals surface area (Å²) in [6, 6.07) is 8.58. The Hall–Kier alpha value is -1.55. The Bertz CT molecular complexity index is 447. The number of hydrogen-bond donors (Lipinski definition) is 2. The number of nitrogens with two attached hydrogens (primary N) is 1. The standard InChI is InChI=1S/C15H23N3O/c1-11(9-15(16)17)18(2)10-12-7-8-19-14-6-4-3-5-13(12)14/h3-6,11-12H,7-10H2,1-2H3,(H3,16,17). The second kappa shape index (κ2) is 6.06. The van der Waals surface area contributed by atoms with Gasteiger partial charge >= 0.3 is 0 Å². The molecule has 19 heavy (non-hydrogen) atoms. The minimum atomic E-state index is 0.256. The highest BCUT2D eigenvalue weighted by atomic mass is 16.5. The first-order chi connectivity index (χ1) is 9.08. The van der Waals surface area contributed by atoms with Gasteiger partial charge in [-0.15, -0.1) is 0 Å². The third kappa shape index (κ3) is 3.47.